The predicted molar refractivity (Wildman–Crippen MR) is 52.4 cm³/mol. The van der Waals surface area contributed by atoms with Gasteiger partial charge in [-0.25, -0.2) is 0 Å². The SMILES string of the molecule is C=CCOCCOC1CCCS1. The van der Waals surface area contributed by atoms with Crippen LogP contribution in [-0.4, -0.2) is 31.0 Å². The summed E-state index contributed by atoms with van der Waals surface area (Å²) < 4.78 is 10.7. The van der Waals surface area contributed by atoms with Crippen LogP contribution in [0.3, 0.4) is 0 Å². The van der Waals surface area contributed by atoms with Gasteiger partial charge in [-0.2, -0.15) is 0 Å². The molecule has 1 atom stereocenters. The highest BCUT2D eigenvalue weighted by Gasteiger charge is 2.14. The summed E-state index contributed by atoms with van der Waals surface area (Å²) in [4.78, 5) is 0. The van der Waals surface area contributed by atoms with Crippen molar-refractivity contribution in [3.05, 3.63) is 12.7 Å². The van der Waals surface area contributed by atoms with Gasteiger partial charge in [-0.15, -0.1) is 18.3 Å². The minimum atomic E-state index is 0.428. The molecule has 1 unspecified atom stereocenters. The van der Waals surface area contributed by atoms with Crippen LogP contribution in [0.5, 0.6) is 0 Å². The largest absolute Gasteiger partial charge is 0.375 e. The van der Waals surface area contributed by atoms with E-state index in [0.29, 0.717) is 25.3 Å². The van der Waals surface area contributed by atoms with Crippen molar-refractivity contribution in [2.24, 2.45) is 0 Å². The third kappa shape index (κ3) is 4.14. The molecule has 12 heavy (non-hydrogen) atoms. The molecule has 0 aromatic heterocycles. The molecule has 0 amide bonds. The molecule has 0 bridgehead atoms. The van der Waals surface area contributed by atoms with Gasteiger partial charge in [0.05, 0.1) is 19.8 Å². The topological polar surface area (TPSA) is 18.5 Å². The lowest BCUT2D eigenvalue weighted by Gasteiger charge is -2.09. The van der Waals surface area contributed by atoms with E-state index in [1.54, 1.807) is 6.08 Å². The van der Waals surface area contributed by atoms with E-state index in [1.165, 1.54) is 18.6 Å². The Kier molecular flexibility index (Phi) is 5.48. The summed E-state index contributed by atoms with van der Waals surface area (Å²) >= 11 is 1.91. The zero-order valence-corrected chi connectivity index (χ0v) is 8.15. The molecular formula is C9H16O2S. The average molecular weight is 188 g/mol. The normalized spacial score (nSPS) is 22.8. The van der Waals surface area contributed by atoms with Crippen LogP contribution in [-0.2, 0) is 9.47 Å². The van der Waals surface area contributed by atoms with Crippen LogP contribution < -0.4 is 0 Å². The Morgan fingerprint density at radius 3 is 3.08 bits per heavy atom. The van der Waals surface area contributed by atoms with Crippen molar-refractivity contribution in [1.82, 2.24) is 0 Å². The first-order valence-corrected chi connectivity index (χ1v) is 5.40. The summed E-state index contributed by atoms with van der Waals surface area (Å²) in [5, 5.41) is 0. The minimum absolute atomic E-state index is 0.428. The molecule has 1 rings (SSSR count). The summed E-state index contributed by atoms with van der Waals surface area (Å²) in [6.45, 7) is 5.59. The fraction of sp³-hybridized carbons (Fsp3) is 0.778. The number of thioether (sulfide) groups is 1. The molecule has 0 spiro atoms. The van der Waals surface area contributed by atoms with E-state index < -0.39 is 0 Å². The van der Waals surface area contributed by atoms with Crippen molar-refractivity contribution < 1.29 is 9.47 Å². The van der Waals surface area contributed by atoms with Crippen molar-refractivity contribution in [3.63, 3.8) is 0 Å². The molecule has 2 nitrogen and oxygen atoms in total. The molecule has 0 N–H and O–H groups in total. The standard InChI is InChI=1S/C9H16O2S/c1-2-5-10-6-7-11-9-4-3-8-12-9/h2,9H,1,3-8H2. The van der Waals surface area contributed by atoms with Crippen LogP contribution in [0.15, 0.2) is 12.7 Å². The van der Waals surface area contributed by atoms with Crippen LogP contribution >= 0.6 is 11.8 Å². The lowest BCUT2D eigenvalue weighted by molar-refractivity contribution is 0.0462. The summed E-state index contributed by atoms with van der Waals surface area (Å²) in [5.74, 6) is 1.25. The molecular weight excluding hydrogens is 172 g/mol. The number of rotatable bonds is 6. The van der Waals surface area contributed by atoms with E-state index in [2.05, 4.69) is 6.58 Å². The first kappa shape index (κ1) is 10.1. The molecule has 70 valence electrons. The van der Waals surface area contributed by atoms with E-state index in [4.69, 9.17) is 9.47 Å². The first-order valence-electron chi connectivity index (χ1n) is 4.35. The Hall–Kier alpha value is 0.0100. The fourth-order valence-corrected chi connectivity index (χ4v) is 2.21. The molecule has 1 fully saturated rings. The smallest absolute Gasteiger partial charge is 0.103 e. The van der Waals surface area contributed by atoms with E-state index in [0.717, 1.165) is 0 Å². The van der Waals surface area contributed by atoms with Gasteiger partial charge in [0.15, 0.2) is 0 Å². The Morgan fingerprint density at radius 1 is 1.50 bits per heavy atom. The van der Waals surface area contributed by atoms with Gasteiger partial charge < -0.3 is 9.47 Å². The second kappa shape index (κ2) is 6.52. The summed E-state index contributed by atoms with van der Waals surface area (Å²) in [7, 11) is 0. The second-order valence-corrected chi connectivity index (χ2v) is 3.94. The molecule has 1 heterocycles. The summed E-state index contributed by atoms with van der Waals surface area (Å²) in [6, 6.07) is 0. The number of hydrogen-bond donors (Lipinski definition) is 0. The van der Waals surface area contributed by atoms with Crippen LogP contribution in [0.2, 0.25) is 0 Å². The van der Waals surface area contributed by atoms with E-state index >= 15 is 0 Å². The molecule has 0 aromatic carbocycles. The molecule has 1 aliphatic rings. The Balaban J connectivity index is 1.84. The molecule has 1 aliphatic heterocycles. The van der Waals surface area contributed by atoms with Crippen LogP contribution in [0.1, 0.15) is 12.8 Å². The highest BCUT2D eigenvalue weighted by atomic mass is 32.2. The van der Waals surface area contributed by atoms with E-state index in [1.807, 2.05) is 11.8 Å². The third-order valence-corrected chi connectivity index (χ3v) is 2.92. The minimum Gasteiger partial charge on any atom is -0.375 e. The van der Waals surface area contributed by atoms with E-state index in [9.17, 15) is 0 Å². The van der Waals surface area contributed by atoms with Crippen molar-refractivity contribution in [1.29, 1.82) is 0 Å². The van der Waals surface area contributed by atoms with E-state index in [-0.39, 0.29) is 0 Å². The Morgan fingerprint density at radius 2 is 2.42 bits per heavy atom. The third-order valence-electron chi connectivity index (χ3n) is 1.66. The predicted octanol–water partition coefficient (Wildman–Crippen LogP) is 2.06. The average Bonchev–Trinajstić information content (AvgIpc) is 2.57. The maximum absolute atomic E-state index is 5.55. The van der Waals surface area contributed by atoms with Gasteiger partial charge in [0, 0.05) is 0 Å². The monoisotopic (exact) mass is 188 g/mol. The van der Waals surface area contributed by atoms with Crippen LogP contribution in [0.4, 0.5) is 0 Å². The van der Waals surface area contributed by atoms with Gasteiger partial charge in [0.25, 0.3) is 0 Å². The Bertz CT molecular complexity index is 122. The highest BCUT2D eigenvalue weighted by Crippen LogP contribution is 2.26. The van der Waals surface area contributed by atoms with Gasteiger partial charge in [0.1, 0.15) is 5.44 Å². The van der Waals surface area contributed by atoms with Crippen LogP contribution in [0.25, 0.3) is 0 Å². The Labute approximate surface area is 78.3 Å². The molecule has 1 saturated heterocycles. The quantitative estimate of drug-likeness (QED) is 0.469. The lowest BCUT2D eigenvalue weighted by Crippen LogP contribution is -2.10. The van der Waals surface area contributed by atoms with Crippen molar-refractivity contribution in [2.45, 2.75) is 18.3 Å². The van der Waals surface area contributed by atoms with Gasteiger partial charge in [-0.05, 0) is 18.6 Å². The molecule has 0 saturated carbocycles. The van der Waals surface area contributed by atoms with Gasteiger partial charge in [-0.1, -0.05) is 6.08 Å². The second-order valence-electron chi connectivity index (χ2n) is 2.68. The highest BCUT2D eigenvalue weighted by molar-refractivity contribution is 8.00. The fourth-order valence-electron chi connectivity index (χ4n) is 1.08. The maximum atomic E-state index is 5.55. The maximum Gasteiger partial charge on any atom is 0.103 e. The number of ether oxygens (including phenoxy) is 2. The lowest BCUT2D eigenvalue weighted by atomic mass is 10.4. The molecule has 0 radical (unpaired) electrons. The summed E-state index contributed by atoms with van der Waals surface area (Å²) in [5.41, 5.74) is 0.428. The number of hydrogen-bond acceptors (Lipinski definition) is 3. The van der Waals surface area contributed by atoms with Gasteiger partial charge in [-0.3, -0.25) is 0 Å². The van der Waals surface area contributed by atoms with Crippen LogP contribution in [0, 0.1) is 0 Å². The van der Waals surface area contributed by atoms with Crippen molar-refractivity contribution >= 4 is 11.8 Å². The van der Waals surface area contributed by atoms with Crippen molar-refractivity contribution in [3.8, 4) is 0 Å². The zero-order valence-electron chi connectivity index (χ0n) is 7.33. The van der Waals surface area contributed by atoms with Gasteiger partial charge >= 0.3 is 0 Å². The van der Waals surface area contributed by atoms with Crippen molar-refractivity contribution in [2.75, 3.05) is 25.6 Å². The molecule has 0 aliphatic carbocycles. The van der Waals surface area contributed by atoms with Gasteiger partial charge in [0.2, 0.25) is 0 Å². The molecule has 3 heteroatoms. The summed E-state index contributed by atoms with van der Waals surface area (Å²) in [6.07, 6.45) is 4.25. The first-order chi connectivity index (χ1) is 5.93. The molecule has 0 aromatic rings. The zero-order chi connectivity index (χ0) is 8.65.